The van der Waals surface area contributed by atoms with Crippen LogP contribution in [0, 0.1) is 0 Å². The Hall–Kier alpha value is -4.44. The Morgan fingerprint density at radius 2 is 1.49 bits per heavy atom. The predicted octanol–water partition coefficient (Wildman–Crippen LogP) is -2.35. The Balaban J connectivity index is 1.49. The highest BCUT2D eigenvalue weighted by Gasteiger charge is 2.52. The third kappa shape index (κ3) is 7.59. The van der Waals surface area contributed by atoms with Crippen molar-refractivity contribution >= 4 is 18.0 Å². The van der Waals surface area contributed by atoms with Crippen LogP contribution in [0.15, 0.2) is 36.1 Å². The van der Waals surface area contributed by atoms with Gasteiger partial charge in [0.15, 0.2) is 23.9 Å². The summed E-state index contributed by atoms with van der Waals surface area (Å²) in [6.45, 7) is -1.64. The molecule has 0 amide bonds. The summed E-state index contributed by atoms with van der Waals surface area (Å²) in [5.74, 6) is -4.87. The van der Waals surface area contributed by atoms with E-state index in [2.05, 4.69) is 0 Å². The maximum atomic E-state index is 12.0. The van der Waals surface area contributed by atoms with Crippen LogP contribution in [0.2, 0.25) is 0 Å². The van der Waals surface area contributed by atoms with Crippen molar-refractivity contribution in [2.45, 2.75) is 73.9 Å². The van der Waals surface area contributed by atoms with Crippen molar-refractivity contribution in [2.75, 3.05) is 13.2 Å². The number of ether oxygens (including phenoxy) is 6. The number of carboxylic acids is 1. The number of carboxylic acid groups (broad SMARTS) is 1. The molecule has 2 fully saturated rings. The summed E-state index contributed by atoms with van der Waals surface area (Å²) in [7, 11) is 0. The fourth-order valence-corrected chi connectivity index (χ4v) is 5.39. The van der Waals surface area contributed by atoms with Gasteiger partial charge in [-0.3, -0.25) is 9.59 Å². The fourth-order valence-electron chi connectivity index (χ4n) is 5.39. The number of rotatable bonds is 10. The molecular formula is C30H34O19. The smallest absolute Gasteiger partial charge is 0.317 e. The lowest BCUT2D eigenvalue weighted by Crippen LogP contribution is -2.65. The zero-order chi connectivity index (χ0) is 35.7. The van der Waals surface area contributed by atoms with E-state index in [1.807, 2.05) is 0 Å². The molecule has 0 radical (unpaired) electrons. The molecule has 0 bridgehead atoms. The summed E-state index contributed by atoms with van der Waals surface area (Å²) in [5.41, 5.74) is 0.138. The van der Waals surface area contributed by atoms with Crippen LogP contribution in [0.25, 0.3) is 6.08 Å². The highest BCUT2D eigenvalue weighted by atomic mass is 16.7. The number of benzene rings is 2. The molecule has 19 nitrogen and oxygen atoms in total. The number of aliphatic hydroxyl groups is 6. The zero-order valence-electron chi connectivity index (χ0n) is 25.1. The standard InChI is InChI=1S/C30H34O19/c31-8-18-22(39)24(41)25(42)29(47-18)49-28-23(40)19(9-44-21(38)7-20(36)37)48-30(26(28)43)46-17-6-12-14(34)4-11(32)5-16(12)45-27(17)10-1-2-13(33)15(35)3-10/h1-6,18-19,22-35,39-43H,7-9H2,(H,36,37). The Labute approximate surface area is 275 Å². The van der Waals surface area contributed by atoms with Crippen LogP contribution >= 0.6 is 0 Å². The van der Waals surface area contributed by atoms with Crippen LogP contribution in [0.3, 0.4) is 0 Å². The lowest BCUT2D eigenvalue weighted by molar-refractivity contribution is -0.357. The molecule has 3 heterocycles. The zero-order valence-corrected chi connectivity index (χ0v) is 25.1. The number of aliphatic hydroxyl groups excluding tert-OH is 6. The molecular weight excluding hydrogens is 664 g/mol. The summed E-state index contributed by atoms with van der Waals surface area (Å²) >= 11 is 0. The van der Waals surface area contributed by atoms with Gasteiger partial charge in [-0.05, 0) is 18.2 Å². The molecule has 11 unspecified atom stereocenters. The monoisotopic (exact) mass is 698 g/mol. The van der Waals surface area contributed by atoms with Gasteiger partial charge in [0.25, 0.3) is 0 Å². The summed E-state index contributed by atoms with van der Waals surface area (Å²) in [4.78, 5) is 22.9. The van der Waals surface area contributed by atoms with E-state index in [0.29, 0.717) is 0 Å². The summed E-state index contributed by atoms with van der Waals surface area (Å²) < 4.78 is 33.6. The van der Waals surface area contributed by atoms with E-state index >= 15 is 0 Å². The van der Waals surface area contributed by atoms with Gasteiger partial charge in [-0.2, -0.15) is 0 Å². The van der Waals surface area contributed by atoms with E-state index in [4.69, 9.17) is 33.5 Å². The highest BCUT2D eigenvalue weighted by Crippen LogP contribution is 2.45. The number of aromatic hydroxyl groups is 4. The van der Waals surface area contributed by atoms with E-state index in [1.165, 1.54) is 18.2 Å². The van der Waals surface area contributed by atoms with Gasteiger partial charge in [-0.25, -0.2) is 0 Å². The normalized spacial score (nSPS) is 32.7. The highest BCUT2D eigenvalue weighted by molar-refractivity contribution is 5.90. The van der Waals surface area contributed by atoms with Crippen LogP contribution in [0.5, 0.6) is 28.7 Å². The van der Waals surface area contributed by atoms with Gasteiger partial charge < -0.3 is 84.6 Å². The van der Waals surface area contributed by atoms with Crippen LogP contribution in [-0.2, 0) is 33.3 Å². The summed E-state index contributed by atoms with van der Waals surface area (Å²) in [6.07, 6.45) is -19.4. The van der Waals surface area contributed by atoms with Gasteiger partial charge in [-0.1, -0.05) is 6.07 Å². The fraction of sp³-hybridized carbons (Fsp3) is 0.467. The molecule has 3 aliphatic rings. The number of hydrogen-bond donors (Lipinski definition) is 11. The molecule has 2 aromatic carbocycles. The summed E-state index contributed by atoms with van der Waals surface area (Å²) in [5, 5.41) is 112. The molecule has 11 atom stereocenters. The second-order valence-corrected chi connectivity index (χ2v) is 11.4. The number of aliphatic carboxylic acids is 1. The largest absolute Gasteiger partial charge is 0.508 e. The molecule has 19 heteroatoms. The van der Waals surface area contributed by atoms with Crippen molar-refractivity contribution in [3.63, 3.8) is 0 Å². The van der Waals surface area contributed by atoms with Crippen LogP contribution < -0.4 is 4.74 Å². The van der Waals surface area contributed by atoms with E-state index in [-0.39, 0.29) is 28.4 Å². The first-order valence-corrected chi connectivity index (χ1v) is 14.7. The molecule has 0 aliphatic carbocycles. The second kappa shape index (κ2) is 14.6. The Kier molecular flexibility index (Phi) is 10.7. The molecule has 49 heavy (non-hydrogen) atoms. The first kappa shape index (κ1) is 35.9. The van der Waals surface area contributed by atoms with Gasteiger partial charge in [0.05, 0.1) is 12.2 Å². The summed E-state index contributed by atoms with van der Waals surface area (Å²) in [6, 6.07) is 5.75. The number of esters is 1. The maximum absolute atomic E-state index is 12.0. The van der Waals surface area contributed by atoms with Gasteiger partial charge >= 0.3 is 11.9 Å². The molecule has 268 valence electrons. The topological polar surface area (TPSA) is 312 Å². The van der Waals surface area contributed by atoms with E-state index in [1.54, 1.807) is 0 Å². The SMILES string of the molecule is O=C(O)CC(=O)OCC1OC(OC2=Cc3c(O)cc(O)cc3OC2c2ccc(O)c(O)c2)C(O)C(OC2OC(CO)C(O)C(O)C2O)C1O. The van der Waals surface area contributed by atoms with Crippen molar-refractivity contribution < 1.29 is 94.2 Å². The Morgan fingerprint density at radius 3 is 2.16 bits per heavy atom. The van der Waals surface area contributed by atoms with Crippen molar-refractivity contribution in [1.29, 1.82) is 0 Å². The predicted molar refractivity (Wildman–Crippen MR) is 155 cm³/mol. The van der Waals surface area contributed by atoms with Gasteiger partial charge in [0, 0.05) is 17.7 Å². The van der Waals surface area contributed by atoms with Crippen LogP contribution in [-0.4, -0.2) is 143 Å². The maximum Gasteiger partial charge on any atom is 0.317 e. The minimum atomic E-state index is -2.02. The minimum absolute atomic E-state index is 0.00865. The second-order valence-electron chi connectivity index (χ2n) is 11.4. The molecule has 3 aliphatic heterocycles. The van der Waals surface area contributed by atoms with E-state index < -0.39 is 116 Å². The van der Waals surface area contributed by atoms with Crippen LogP contribution in [0.1, 0.15) is 23.7 Å². The third-order valence-corrected chi connectivity index (χ3v) is 7.94. The molecule has 0 saturated carbocycles. The van der Waals surface area contributed by atoms with Crippen LogP contribution in [0.4, 0.5) is 0 Å². The lowest BCUT2D eigenvalue weighted by atomic mass is 9.96. The average Bonchev–Trinajstić information content (AvgIpc) is 3.04. The molecule has 0 spiro atoms. The Bertz CT molecular complexity index is 1560. The van der Waals surface area contributed by atoms with Crippen molar-refractivity contribution in [2.24, 2.45) is 0 Å². The molecule has 5 rings (SSSR count). The van der Waals surface area contributed by atoms with Gasteiger partial charge in [-0.15, -0.1) is 0 Å². The minimum Gasteiger partial charge on any atom is -0.508 e. The molecule has 11 N–H and O–H groups in total. The number of carbonyl (C=O) groups excluding carboxylic acids is 1. The average molecular weight is 699 g/mol. The van der Waals surface area contributed by atoms with Gasteiger partial charge in [0.2, 0.25) is 6.29 Å². The number of carbonyl (C=O) groups is 2. The first-order valence-electron chi connectivity index (χ1n) is 14.7. The first-order chi connectivity index (χ1) is 23.2. The number of hydrogen-bond acceptors (Lipinski definition) is 18. The molecule has 0 aromatic heterocycles. The lowest BCUT2D eigenvalue weighted by Gasteiger charge is -2.46. The van der Waals surface area contributed by atoms with E-state index in [0.717, 1.165) is 18.2 Å². The molecule has 2 aromatic rings. The van der Waals surface area contributed by atoms with Crippen molar-refractivity contribution in [3.05, 3.63) is 47.2 Å². The number of phenols is 4. The van der Waals surface area contributed by atoms with Gasteiger partial charge in [0.1, 0.15) is 84.9 Å². The van der Waals surface area contributed by atoms with E-state index in [9.17, 15) is 60.7 Å². The van der Waals surface area contributed by atoms with Crippen molar-refractivity contribution in [3.8, 4) is 28.7 Å². The number of phenolic OH excluding ortho intramolecular Hbond substituents is 4. The Morgan fingerprint density at radius 1 is 0.776 bits per heavy atom. The third-order valence-electron chi connectivity index (χ3n) is 7.94. The number of fused-ring (bicyclic) bond motifs is 1. The molecule has 2 saturated heterocycles. The van der Waals surface area contributed by atoms with Crippen molar-refractivity contribution in [1.82, 2.24) is 0 Å². The quantitative estimate of drug-likeness (QED) is 0.0703.